The van der Waals surface area contributed by atoms with Gasteiger partial charge in [0.15, 0.2) is 0 Å². The first-order valence-corrected chi connectivity index (χ1v) is 15.8. The van der Waals surface area contributed by atoms with Gasteiger partial charge in [-0.25, -0.2) is 0 Å². The van der Waals surface area contributed by atoms with Crippen LogP contribution in [0.1, 0.15) is 71.2 Å². The van der Waals surface area contributed by atoms with E-state index in [1.54, 1.807) is 12.2 Å². The topological polar surface area (TPSA) is 36.9 Å². The molecular weight excluding hydrogens is 544 g/mol. The highest BCUT2D eigenvalue weighted by molar-refractivity contribution is 5.56. The van der Waals surface area contributed by atoms with Gasteiger partial charge in [-0.2, -0.15) is 0 Å². The third-order valence-electron chi connectivity index (χ3n) is 7.83. The lowest BCUT2D eigenvalue weighted by Gasteiger charge is -2.22. The normalized spacial score (nSPS) is 12.2. The minimum atomic E-state index is 0.429. The van der Waals surface area contributed by atoms with Crippen molar-refractivity contribution in [2.45, 2.75) is 52.4 Å². The highest BCUT2D eigenvalue weighted by Crippen LogP contribution is 2.38. The van der Waals surface area contributed by atoms with Crippen molar-refractivity contribution in [3.63, 3.8) is 0 Å². The average molecular weight is 589 g/mol. The first-order chi connectivity index (χ1) is 21.7. The highest BCUT2D eigenvalue weighted by atomic mass is 16.5. The molecule has 4 aromatic carbocycles. The lowest BCUT2D eigenvalue weighted by Crippen LogP contribution is -2.09. The van der Waals surface area contributed by atoms with Gasteiger partial charge in [0, 0.05) is 25.7 Å². The van der Waals surface area contributed by atoms with Crippen molar-refractivity contribution in [1.29, 1.82) is 0 Å². The number of para-hydroxylation sites is 4. The van der Waals surface area contributed by atoms with E-state index in [1.807, 2.05) is 0 Å². The molecule has 0 atom stereocenters. The Morgan fingerprint density at radius 1 is 0.455 bits per heavy atom. The first-order valence-electron chi connectivity index (χ1n) is 15.8. The van der Waals surface area contributed by atoms with Crippen LogP contribution in [0.25, 0.3) is 0 Å². The largest absolute Gasteiger partial charge is 0.493 e. The summed E-state index contributed by atoms with van der Waals surface area (Å²) in [5.74, 6) is 3.70. The van der Waals surface area contributed by atoms with Gasteiger partial charge in [0.25, 0.3) is 0 Å². The van der Waals surface area contributed by atoms with Crippen molar-refractivity contribution < 1.29 is 18.9 Å². The summed E-state index contributed by atoms with van der Waals surface area (Å²) in [4.78, 5) is 0. The van der Waals surface area contributed by atoms with E-state index >= 15 is 0 Å². The van der Waals surface area contributed by atoms with Crippen LogP contribution in [0.5, 0.6) is 23.0 Å². The van der Waals surface area contributed by atoms with E-state index in [9.17, 15) is 0 Å². The third kappa shape index (κ3) is 7.19. The van der Waals surface area contributed by atoms with E-state index in [0.29, 0.717) is 52.1 Å². The Labute approximate surface area is 263 Å². The molecule has 0 unspecified atom stereocenters. The second-order valence-corrected chi connectivity index (χ2v) is 11.2. The number of hydrogen-bond acceptors (Lipinski definition) is 4. The maximum absolute atomic E-state index is 6.51. The molecule has 228 valence electrons. The van der Waals surface area contributed by atoms with Crippen LogP contribution in [0.4, 0.5) is 0 Å². The van der Waals surface area contributed by atoms with E-state index in [2.05, 4.69) is 99.8 Å². The molecule has 44 heavy (non-hydrogen) atoms. The minimum Gasteiger partial charge on any atom is -0.493 e. The van der Waals surface area contributed by atoms with Gasteiger partial charge in [0.05, 0.1) is 13.2 Å². The zero-order valence-electron chi connectivity index (χ0n) is 26.2. The zero-order chi connectivity index (χ0) is 30.7. The molecule has 1 aliphatic carbocycles. The number of benzene rings is 4. The molecule has 0 saturated carbocycles. The second-order valence-electron chi connectivity index (χ2n) is 11.2. The van der Waals surface area contributed by atoms with Gasteiger partial charge < -0.3 is 18.9 Å². The van der Waals surface area contributed by atoms with Crippen molar-refractivity contribution in [2.24, 2.45) is 0 Å². The van der Waals surface area contributed by atoms with Gasteiger partial charge in [-0.3, -0.25) is 0 Å². The van der Waals surface area contributed by atoms with E-state index in [4.69, 9.17) is 18.9 Å². The molecule has 1 aliphatic rings. The van der Waals surface area contributed by atoms with Crippen LogP contribution in [-0.4, -0.2) is 26.4 Å². The molecule has 4 aromatic rings. The molecule has 0 aliphatic heterocycles. The zero-order valence-corrected chi connectivity index (χ0v) is 26.2. The standard InChI is InChI=1S/C40H44O4/c1-5-21-41-37-29-13-9-14-30(37)26-32-16-11-18-34(39(32)43-23-7-3)28-36-20-12-19-35(40(36)44-24-8-4)27-33-17-10-15-31(25-29)38(33)42-22-6-2/h5-6,9-20H,1-2,7-8,21-28H2,3-4H3. The summed E-state index contributed by atoms with van der Waals surface area (Å²) in [5, 5.41) is 0. The molecule has 0 fully saturated rings. The van der Waals surface area contributed by atoms with Gasteiger partial charge in [0.2, 0.25) is 0 Å². The van der Waals surface area contributed by atoms with Gasteiger partial charge in [-0.1, -0.05) is 112 Å². The van der Waals surface area contributed by atoms with Crippen LogP contribution in [-0.2, 0) is 25.7 Å². The Morgan fingerprint density at radius 2 is 0.705 bits per heavy atom. The first kappa shape index (κ1) is 31.0. The van der Waals surface area contributed by atoms with Crippen molar-refractivity contribution in [2.75, 3.05) is 26.4 Å². The monoisotopic (exact) mass is 588 g/mol. The van der Waals surface area contributed by atoms with Gasteiger partial charge >= 0.3 is 0 Å². The van der Waals surface area contributed by atoms with Crippen LogP contribution < -0.4 is 18.9 Å². The Bertz CT molecular complexity index is 1470. The van der Waals surface area contributed by atoms with Crippen LogP contribution in [0.2, 0.25) is 0 Å². The molecule has 4 heteroatoms. The molecule has 0 spiro atoms. The molecule has 0 aromatic heterocycles. The molecule has 4 nitrogen and oxygen atoms in total. The van der Waals surface area contributed by atoms with Crippen LogP contribution in [0.15, 0.2) is 98.1 Å². The highest BCUT2D eigenvalue weighted by Gasteiger charge is 2.21. The smallest absolute Gasteiger partial charge is 0.126 e. The van der Waals surface area contributed by atoms with Crippen molar-refractivity contribution in [1.82, 2.24) is 0 Å². The fourth-order valence-electron chi connectivity index (χ4n) is 5.92. The van der Waals surface area contributed by atoms with E-state index in [-0.39, 0.29) is 0 Å². The predicted molar refractivity (Wildman–Crippen MR) is 180 cm³/mol. The van der Waals surface area contributed by atoms with E-state index < -0.39 is 0 Å². The van der Waals surface area contributed by atoms with Gasteiger partial charge in [-0.05, 0) is 57.3 Å². The Kier molecular flexibility index (Phi) is 10.8. The summed E-state index contributed by atoms with van der Waals surface area (Å²) >= 11 is 0. The van der Waals surface area contributed by atoms with Crippen molar-refractivity contribution in [3.8, 4) is 23.0 Å². The molecular formula is C40H44O4. The Hall–Kier alpha value is -4.44. The van der Waals surface area contributed by atoms with E-state index in [1.165, 1.54) is 0 Å². The molecule has 0 amide bonds. The van der Waals surface area contributed by atoms with Gasteiger partial charge in [0.1, 0.15) is 36.2 Å². The van der Waals surface area contributed by atoms with Crippen LogP contribution in [0, 0.1) is 0 Å². The van der Waals surface area contributed by atoms with Gasteiger partial charge in [-0.15, -0.1) is 0 Å². The molecule has 0 heterocycles. The molecule has 5 rings (SSSR count). The summed E-state index contributed by atoms with van der Waals surface area (Å²) in [7, 11) is 0. The number of ether oxygens (including phenoxy) is 4. The lowest BCUT2D eigenvalue weighted by molar-refractivity contribution is 0.308. The van der Waals surface area contributed by atoms with E-state index in [0.717, 1.165) is 80.3 Å². The average Bonchev–Trinajstić information content (AvgIpc) is 3.03. The number of rotatable bonds is 12. The summed E-state index contributed by atoms with van der Waals surface area (Å²) in [6, 6.07) is 25.9. The third-order valence-corrected chi connectivity index (χ3v) is 7.83. The van der Waals surface area contributed by atoms with Crippen molar-refractivity contribution >= 4 is 0 Å². The summed E-state index contributed by atoms with van der Waals surface area (Å²) in [6.07, 6.45) is 8.22. The SMILES string of the molecule is C=CCOc1c2cccc1Cc1cccc(c1OCCC)Cc1cccc(c1OCCC)Cc1cccc(c1OCC=C)C2. The maximum atomic E-state index is 6.51. The molecule has 8 bridgehead atoms. The second kappa shape index (κ2) is 15.3. The Balaban J connectivity index is 1.75. The Morgan fingerprint density at radius 3 is 0.932 bits per heavy atom. The maximum Gasteiger partial charge on any atom is 0.126 e. The minimum absolute atomic E-state index is 0.429. The molecule has 0 radical (unpaired) electrons. The number of hydrogen-bond donors (Lipinski definition) is 0. The predicted octanol–water partition coefficient (Wildman–Crippen LogP) is 9.07. The van der Waals surface area contributed by atoms with Crippen LogP contribution >= 0.6 is 0 Å². The quantitative estimate of drug-likeness (QED) is 0.136. The lowest BCUT2D eigenvalue weighted by atomic mass is 9.91. The number of fused-ring (bicyclic) bond motifs is 8. The molecule has 0 saturated heterocycles. The summed E-state index contributed by atoms with van der Waals surface area (Å²) < 4.78 is 25.8. The summed E-state index contributed by atoms with van der Waals surface area (Å²) in [6.45, 7) is 14.3. The van der Waals surface area contributed by atoms with Crippen LogP contribution in [0.3, 0.4) is 0 Å². The van der Waals surface area contributed by atoms with Crippen molar-refractivity contribution in [3.05, 3.63) is 143 Å². The summed E-state index contributed by atoms with van der Waals surface area (Å²) in [5.41, 5.74) is 9.06. The fraction of sp³-hybridized carbons (Fsp3) is 0.300. The fourth-order valence-corrected chi connectivity index (χ4v) is 5.92. The molecule has 0 N–H and O–H groups in total.